The Hall–Kier alpha value is -5.09. The van der Waals surface area contributed by atoms with Crippen LogP contribution in [0.1, 0.15) is 28.4 Å². The summed E-state index contributed by atoms with van der Waals surface area (Å²) in [4.78, 5) is 41.5. The van der Waals surface area contributed by atoms with Gasteiger partial charge in [0.25, 0.3) is 5.91 Å². The van der Waals surface area contributed by atoms with Gasteiger partial charge in [0.15, 0.2) is 11.5 Å². The largest absolute Gasteiger partial charge is 0.465 e. The van der Waals surface area contributed by atoms with E-state index in [4.69, 9.17) is 14.2 Å². The summed E-state index contributed by atoms with van der Waals surface area (Å²) in [5.74, 6) is 0.167. The van der Waals surface area contributed by atoms with Crippen LogP contribution in [0.5, 0.6) is 11.5 Å². The molecule has 0 bridgehead atoms. The molecule has 2 aliphatic heterocycles. The molecule has 2 amide bonds. The number of methoxy groups -OCH3 is 1. The highest BCUT2D eigenvalue weighted by Crippen LogP contribution is 2.40. The lowest BCUT2D eigenvalue weighted by Gasteiger charge is -2.23. The van der Waals surface area contributed by atoms with Crippen LogP contribution in [0.25, 0.3) is 11.3 Å². The molecule has 5 rings (SSSR count). The van der Waals surface area contributed by atoms with Crippen molar-refractivity contribution in [2.75, 3.05) is 49.8 Å². The highest BCUT2D eigenvalue weighted by atomic mass is 16.5. The van der Waals surface area contributed by atoms with E-state index in [0.717, 1.165) is 12.2 Å². The van der Waals surface area contributed by atoms with E-state index in [1.54, 1.807) is 42.2 Å². The van der Waals surface area contributed by atoms with Gasteiger partial charge in [-0.1, -0.05) is 6.07 Å². The van der Waals surface area contributed by atoms with E-state index in [0.29, 0.717) is 57.4 Å². The number of carbonyl (C=O) groups is 3. The van der Waals surface area contributed by atoms with Gasteiger partial charge in [0.2, 0.25) is 5.91 Å². The Morgan fingerprint density at radius 1 is 0.902 bits per heavy atom. The number of rotatable bonds is 8. The van der Waals surface area contributed by atoms with Crippen LogP contribution in [0.2, 0.25) is 0 Å². The molecule has 3 aromatic carbocycles. The molecule has 0 saturated carbocycles. The molecular weight excluding hydrogens is 524 g/mol. The molecular formula is C31H30N4O6. The third-order valence-electron chi connectivity index (χ3n) is 6.71. The molecule has 41 heavy (non-hydrogen) atoms. The van der Waals surface area contributed by atoms with Crippen molar-refractivity contribution < 1.29 is 28.6 Å². The number of ether oxygens (including phenoxy) is 3. The summed E-state index contributed by atoms with van der Waals surface area (Å²) < 4.78 is 16.0. The van der Waals surface area contributed by atoms with Gasteiger partial charge in [-0.25, -0.2) is 4.79 Å². The summed E-state index contributed by atoms with van der Waals surface area (Å²) in [5.41, 5.74) is 4.52. The fraction of sp³-hybridized carbons (Fsp3) is 0.194. The van der Waals surface area contributed by atoms with Gasteiger partial charge in [0.1, 0.15) is 12.5 Å². The van der Waals surface area contributed by atoms with E-state index in [1.807, 2.05) is 49.3 Å². The third kappa shape index (κ3) is 5.78. The summed E-state index contributed by atoms with van der Waals surface area (Å²) in [7, 11) is 5.23. The van der Waals surface area contributed by atoms with E-state index in [9.17, 15) is 14.4 Å². The molecule has 2 heterocycles. The monoisotopic (exact) mass is 554 g/mol. The van der Waals surface area contributed by atoms with Crippen molar-refractivity contribution >= 4 is 46.1 Å². The Labute approximate surface area is 237 Å². The predicted octanol–water partition coefficient (Wildman–Crippen LogP) is 4.56. The number of carbonyl (C=O) groups excluding carboxylic acids is 3. The minimum absolute atomic E-state index is 0.0498. The lowest BCUT2D eigenvalue weighted by atomic mass is 9.98. The van der Waals surface area contributed by atoms with Crippen LogP contribution in [0, 0.1) is 0 Å². The maximum absolute atomic E-state index is 13.4. The molecule has 10 nitrogen and oxygen atoms in total. The molecule has 0 spiro atoms. The summed E-state index contributed by atoms with van der Waals surface area (Å²) >= 11 is 0. The zero-order chi connectivity index (χ0) is 29.1. The Bertz CT molecular complexity index is 1580. The molecule has 0 atom stereocenters. The van der Waals surface area contributed by atoms with Crippen LogP contribution in [-0.2, 0) is 14.3 Å². The van der Waals surface area contributed by atoms with Gasteiger partial charge in [0, 0.05) is 42.5 Å². The lowest BCUT2D eigenvalue weighted by Crippen LogP contribution is -2.35. The Morgan fingerprint density at radius 2 is 1.61 bits per heavy atom. The minimum Gasteiger partial charge on any atom is -0.465 e. The van der Waals surface area contributed by atoms with Crippen molar-refractivity contribution in [3.8, 4) is 11.5 Å². The number of hydrogen-bond acceptors (Lipinski definition) is 8. The molecule has 0 aromatic heterocycles. The van der Waals surface area contributed by atoms with Crippen LogP contribution in [0.4, 0.5) is 17.1 Å². The number of fused-ring (bicyclic) bond motifs is 2. The number of esters is 1. The standard InChI is InChI=1S/C31H30N4O6/c1-19(36)35(14-13-34(2)3)23-9-7-22(8-10-23)32-29(20-6-12-26-27(18-20)41-16-15-40-26)28-24-11-5-21(31(38)39-4)17-25(24)33-30(28)37/h5-12,15-18,32H,13-14H2,1-4H3,(H,33,37)/b29-28-. The minimum atomic E-state index is -0.497. The first-order valence-corrected chi connectivity index (χ1v) is 13.0. The van der Waals surface area contributed by atoms with Gasteiger partial charge in [0.05, 0.1) is 29.6 Å². The molecule has 0 radical (unpaired) electrons. The Morgan fingerprint density at radius 3 is 2.29 bits per heavy atom. The molecule has 3 aromatic rings. The summed E-state index contributed by atoms with van der Waals surface area (Å²) in [6.45, 7) is 2.82. The second kappa shape index (κ2) is 11.6. The molecule has 0 aliphatic carbocycles. The fourth-order valence-electron chi connectivity index (χ4n) is 4.64. The van der Waals surface area contributed by atoms with Gasteiger partial charge in [-0.05, 0) is 68.7 Å². The van der Waals surface area contributed by atoms with Crippen molar-refractivity contribution in [2.24, 2.45) is 0 Å². The van der Waals surface area contributed by atoms with Crippen LogP contribution >= 0.6 is 0 Å². The van der Waals surface area contributed by atoms with Gasteiger partial charge in [-0.15, -0.1) is 0 Å². The zero-order valence-electron chi connectivity index (χ0n) is 23.2. The molecule has 210 valence electrons. The number of nitrogens with one attached hydrogen (secondary N) is 2. The van der Waals surface area contributed by atoms with E-state index in [1.165, 1.54) is 19.6 Å². The maximum atomic E-state index is 13.4. The fourth-order valence-corrected chi connectivity index (χ4v) is 4.64. The quantitative estimate of drug-likeness (QED) is 0.308. The molecule has 10 heteroatoms. The second-order valence-corrected chi connectivity index (χ2v) is 9.77. The van der Waals surface area contributed by atoms with Crippen molar-refractivity contribution in [1.29, 1.82) is 0 Å². The number of hydrogen-bond donors (Lipinski definition) is 2. The van der Waals surface area contributed by atoms with E-state index >= 15 is 0 Å². The normalized spacial score (nSPS) is 14.3. The van der Waals surface area contributed by atoms with Gasteiger partial charge in [-0.3, -0.25) is 9.59 Å². The second-order valence-electron chi connectivity index (χ2n) is 9.77. The van der Waals surface area contributed by atoms with E-state index < -0.39 is 5.97 Å². The number of anilines is 3. The lowest BCUT2D eigenvalue weighted by molar-refractivity contribution is -0.116. The number of amides is 2. The highest BCUT2D eigenvalue weighted by Gasteiger charge is 2.30. The van der Waals surface area contributed by atoms with Crippen LogP contribution < -0.4 is 25.0 Å². The van der Waals surface area contributed by atoms with Crippen molar-refractivity contribution in [3.63, 3.8) is 0 Å². The van der Waals surface area contributed by atoms with Crippen LogP contribution in [0.15, 0.2) is 73.2 Å². The average molecular weight is 555 g/mol. The predicted molar refractivity (Wildman–Crippen MR) is 157 cm³/mol. The third-order valence-corrected chi connectivity index (χ3v) is 6.71. The molecule has 0 unspecified atom stereocenters. The summed E-state index contributed by atoms with van der Waals surface area (Å²) in [5, 5.41) is 6.28. The topological polar surface area (TPSA) is 109 Å². The number of benzene rings is 3. The summed E-state index contributed by atoms with van der Waals surface area (Å²) in [6.07, 6.45) is 2.89. The smallest absolute Gasteiger partial charge is 0.337 e. The van der Waals surface area contributed by atoms with Crippen LogP contribution in [-0.4, -0.2) is 57.0 Å². The van der Waals surface area contributed by atoms with Gasteiger partial charge >= 0.3 is 5.97 Å². The van der Waals surface area contributed by atoms with Gasteiger partial charge in [-0.2, -0.15) is 0 Å². The molecule has 2 N–H and O–H groups in total. The zero-order valence-corrected chi connectivity index (χ0v) is 23.2. The van der Waals surface area contributed by atoms with E-state index in [-0.39, 0.29) is 11.8 Å². The first-order chi connectivity index (χ1) is 19.7. The van der Waals surface area contributed by atoms with Crippen molar-refractivity contribution in [1.82, 2.24) is 4.90 Å². The number of nitrogens with zero attached hydrogens (tertiary/aromatic N) is 2. The SMILES string of the molecule is COC(=O)c1ccc2c(c1)NC(=O)/C2=C(\Nc1ccc(N(CCN(C)C)C(C)=O)cc1)c1ccc2c(c1)OC=CO2. The van der Waals surface area contributed by atoms with Crippen molar-refractivity contribution in [2.45, 2.75) is 6.92 Å². The highest BCUT2D eigenvalue weighted by molar-refractivity contribution is 6.37. The summed E-state index contributed by atoms with van der Waals surface area (Å²) in [6, 6.07) is 17.8. The average Bonchev–Trinajstić information content (AvgIpc) is 3.30. The first-order valence-electron chi connectivity index (χ1n) is 13.0. The number of likely N-dealkylation sites (N-methyl/N-ethyl adjacent to an activating group) is 1. The molecule has 0 saturated heterocycles. The van der Waals surface area contributed by atoms with Crippen LogP contribution in [0.3, 0.4) is 0 Å². The Kier molecular flexibility index (Phi) is 7.75. The van der Waals surface area contributed by atoms with Gasteiger partial charge < -0.3 is 34.6 Å². The maximum Gasteiger partial charge on any atom is 0.337 e. The van der Waals surface area contributed by atoms with E-state index in [2.05, 4.69) is 10.6 Å². The molecule has 2 aliphatic rings. The first kappa shape index (κ1) is 27.5. The van der Waals surface area contributed by atoms with Crippen molar-refractivity contribution in [3.05, 3.63) is 89.9 Å². The molecule has 0 fully saturated rings. The Balaban J connectivity index is 1.56.